The van der Waals surface area contributed by atoms with Gasteiger partial charge in [0, 0.05) is 31.2 Å². The van der Waals surface area contributed by atoms with E-state index in [9.17, 15) is 0 Å². The van der Waals surface area contributed by atoms with Crippen LogP contribution in [-0.4, -0.2) is 43.2 Å². The Balaban J connectivity index is 1.93. The SMILES string of the molecule is Cc1ncsc1CN(C)CC1(CN)CCOCC1. The quantitative estimate of drug-likeness (QED) is 0.883. The van der Waals surface area contributed by atoms with Crippen LogP contribution >= 0.6 is 11.3 Å². The van der Waals surface area contributed by atoms with Crippen molar-refractivity contribution in [3.63, 3.8) is 0 Å². The van der Waals surface area contributed by atoms with Crippen LogP contribution in [0.25, 0.3) is 0 Å². The molecule has 0 atom stereocenters. The fraction of sp³-hybridized carbons (Fsp3) is 0.769. The van der Waals surface area contributed by atoms with Crippen molar-refractivity contribution >= 4 is 11.3 Å². The number of aromatic nitrogens is 1. The van der Waals surface area contributed by atoms with Crippen LogP contribution in [0.5, 0.6) is 0 Å². The van der Waals surface area contributed by atoms with Crippen molar-refractivity contribution in [3.8, 4) is 0 Å². The summed E-state index contributed by atoms with van der Waals surface area (Å²) in [6.07, 6.45) is 2.16. The van der Waals surface area contributed by atoms with Gasteiger partial charge in [-0.05, 0) is 38.8 Å². The van der Waals surface area contributed by atoms with Gasteiger partial charge in [-0.2, -0.15) is 0 Å². The lowest BCUT2D eigenvalue weighted by Crippen LogP contribution is -2.44. The number of ether oxygens (including phenoxy) is 1. The van der Waals surface area contributed by atoms with Gasteiger partial charge in [0.25, 0.3) is 0 Å². The van der Waals surface area contributed by atoms with Gasteiger partial charge >= 0.3 is 0 Å². The van der Waals surface area contributed by atoms with Gasteiger partial charge in [-0.25, -0.2) is 4.98 Å². The van der Waals surface area contributed by atoms with Crippen molar-refractivity contribution in [2.24, 2.45) is 11.1 Å². The van der Waals surface area contributed by atoms with E-state index < -0.39 is 0 Å². The van der Waals surface area contributed by atoms with Crippen LogP contribution in [0.4, 0.5) is 0 Å². The maximum atomic E-state index is 6.00. The van der Waals surface area contributed by atoms with Gasteiger partial charge in [-0.1, -0.05) is 0 Å². The average molecular weight is 269 g/mol. The lowest BCUT2D eigenvalue weighted by atomic mass is 9.80. The van der Waals surface area contributed by atoms with E-state index in [0.29, 0.717) is 0 Å². The summed E-state index contributed by atoms with van der Waals surface area (Å²) in [5, 5.41) is 0. The summed E-state index contributed by atoms with van der Waals surface area (Å²) >= 11 is 1.74. The number of hydrogen-bond acceptors (Lipinski definition) is 5. The van der Waals surface area contributed by atoms with Crippen LogP contribution < -0.4 is 5.73 Å². The molecule has 0 unspecified atom stereocenters. The molecule has 1 fully saturated rings. The highest BCUT2D eigenvalue weighted by Gasteiger charge is 2.32. The molecule has 5 heteroatoms. The van der Waals surface area contributed by atoms with Crippen LogP contribution in [0.3, 0.4) is 0 Å². The van der Waals surface area contributed by atoms with Crippen LogP contribution in [0.2, 0.25) is 0 Å². The zero-order valence-corrected chi connectivity index (χ0v) is 12.1. The van der Waals surface area contributed by atoms with Gasteiger partial charge in [0.1, 0.15) is 0 Å². The molecule has 0 radical (unpaired) electrons. The number of aryl methyl sites for hydroxylation is 1. The fourth-order valence-corrected chi connectivity index (χ4v) is 3.44. The summed E-state index contributed by atoms with van der Waals surface area (Å²) in [5.74, 6) is 0. The molecule has 102 valence electrons. The van der Waals surface area contributed by atoms with E-state index in [1.165, 1.54) is 4.88 Å². The molecular formula is C13H23N3OS. The van der Waals surface area contributed by atoms with E-state index >= 15 is 0 Å². The Morgan fingerprint density at radius 2 is 2.22 bits per heavy atom. The molecule has 2 heterocycles. The minimum absolute atomic E-state index is 0.242. The summed E-state index contributed by atoms with van der Waals surface area (Å²) in [6, 6.07) is 0. The monoisotopic (exact) mass is 269 g/mol. The van der Waals surface area contributed by atoms with Gasteiger partial charge in [0.05, 0.1) is 11.2 Å². The van der Waals surface area contributed by atoms with Gasteiger partial charge in [-0.15, -0.1) is 11.3 Å². The number of rotatable bonds is 5. The first-order valence-corrected chi connectivity index (χ1v) is 7.38. The summed E-state index contributed by atoms with van der Waals surface area (Å²) in [7, 11) is 2.17. The predicted molar refractivity (Wildman–Crippen MR) is 74.7 cm³/mol. The van der Waals surface area contributed by atoms with Gasteiger partial charge in [0.15, 0.2) is 0 Å². The summed E-state index contributed by atoms with van der Waals surface area (Å²) in [4.78, 5) is 8.03. The highest BCUT2D eigenvalue weighted by atomic mass is 32.1. The third-order valence-corrected chi connectivity index (χ3v) is 4.77. The van der Waals surface area contributed by atoms with E-state index in [-0.39, 0.29) is 5.41 Å². The Morgan fingerprint density at radius 1 is 1.50 bits per heavy atom. The number of thiazole rings is 1. The van der Waals surface area contributed by atoms with Gasteiger partial charge in [-0.3, -0.25) is 0 Å². The van der Waals surface area contributed by atoms with Crippen LogP contribution in [0.15, 0.2) is 5.51 Å². The molecule has 0 saturated carbocycles. The molecule has 1 aromatic heterocycles. The predicted octanol–water partition coefficient (Wildman–Crippen LogP) is 1.64. The van der Waals surface area contributed by atoms with E-state index in [1.807, 2.05) is 5.51 Å². The topological polar surface area (TPSA) is 51.4 Å². The number of nitrogens with zero attached hydrogens (tertiary/aromatic N) is 2. The highest BCUT2D eigenvalue weighted by molar-refractivity contribution is 7.09. The molecule has 0 amide bonds. The second-order valence-corrected chi connectivity index (χ2v) is 6.29. The third-order valence-electron chi connectivity index (χ3n) is 3.85. The van der Waals surface area contributed by atoms with Crippen molar-refractivity contribution in [2.75, 3.05) is 33.4 Å². The van der Waals surface area contributed by atoms with Crippen molar-refractivity contribution in [2.45, 2.75) is 26.3 Å². The second kappa shape index (κ2) is 6.10. The van der Waals surface area contributed by atoms with Crippen LogP contribution in [0.1, 0.15) is 23.4 Å². The van der Waals surface area contributed by atoms with Crippen LogP contribution in [0, 0.1) is 12.3 Å². The van der Waals surface area contributed by atoms with E-state index in [0.717, 1.165) is 51.4 Å². The first-order chi connectivity index (χ1) is 8.65. The maximum Gasteiger partial charge on any atom is 0.0798 e. The largest absolute Gasteiger partial charge is 0.381 e. The Hall–Kier alpha value is -0.490. The van der Waals surface area contributed by atoms with Crippen molar-refractivity contribution in [1.82, 2.24) is 9.88 Å². The third kappa shape index (κ3) is 3.29. The van der Waals surface area contributed by atoms with E-state index in [2.05, 4.69) is 23.9 Å². The molecule has 1 saturated heterocycles. The fourth-order valence-electron chi connectivity index (χ4n) is 2.58. The first kappa shape index (κ1) is 13.9. The molecule has 18 heavy (non-hydrogen) atoms. The highest BCUT2D eigenvalue weighted by Crippen LogP contribution is 2.30. The van der Waals surface area contributed by atoms with Crippen molar-refractivity contribution < 1.29 is 4.74 Å². The second-order valence-electron chi connectivity index (χ2n) is 5.35. The molecule has 0 bridgehead atoms. The standard InChI is InChI=1S/C13H23N3OS/c1-11-12(18-10-15-11)7-16(2)9-13(8-14)3-5-17-6-4-13/h10H,3-9,14H2,1-2H3. The molecule has 2 N–H and O–H groups in total. The Morgan fingerprint density at radius 3 is 2.78 bits per heavy atom. The molecule has 2 rings (SSSR count). The molecule has 4 nitrogen and oxygen atoms in total. The molecule has 0 aromatic carbocycles. The van der Waals surface area contributed by atoms with Crippen molar-refractivity contribution in [1.29, 1.82) is 0 Å². The van der Waals surface area contributed by atoms with Gasteiger partial charge < -0.3 is 15.4 Å². The van der Waals surface area contributed by atoms with Crippen molar-refractivity contribution in [3.05, 3.63) is 16.1 Å². The Labute approximate surface area is 113 Å². The molecule has 0 spiro atoms. The summed E-state index contributed by atoms with van der Waals surface area (Å²) in [6.45, 7) is 6.55. The molecule has 1 aromatic rings. The number of nitrogens with two attached hydrogens (primary N) is 1. The zero-order chi connectivity index (χ0) is 13.0. The molecule has 0 aliphatic carbocycles. The summed E-state index contributed by atoms with van der Waals surface area (Å²) < 4.78 is 5.45. The lowest BCUT2D eigenvalue weighted by Gasteiger charge is -2.39. The zero-order valence-electron chi connectivity index (χ0n) is 11.3. The van der Waals surface area contributed by atoms with E-state index in [1.54, 1.807) is 11.3 Å². The number of hydrogen-bond donors (Lipinski definition) is 1. The van der Waals surface area contributed by atoms with Crippen LogP contribution in [-0.2, 0) is 11.3 Å². The maximum absolute atomic E-state index is 6.00. The molecule has 1 aliphatic rings. The normalized spacial score (nSPS) is 19.3. The minimum Gasteiger partial charge on any atom is -0.381 e. The minimum atomic E-state index is 0.242. The van der Waals surface area contributed by atoms with Gasteiger partial charge in [0.2, 0.25) is 0 Å². The average Bonchev–Trinajstić information content (AvgIpc) is 2.76. The summed E-state index contributed by atoms with van der Waals surface area (Å²) in [5.41, 5.74) is 9.32. The molecule has 1 aliphatic heterocycles. The molecular weight excluding hydrogens is 246 g/mol. The first-order valence-electron chi connectivity index (χ1n) is 6.50. The Kier molecular flexibility index (Phi) is 4.72. The lowest BCUT2D eigenvalue weighted by molar-refractivity contribution is 0.00277. The smallest absolute Gasteiger partial charge is 0.0798 e. The van der Waals surface area contributed by atoms with E-state index in [4.69, 9.17) is 10.5 Å². The Bertz CT molecular complexity index is 374.